The summed E-state index contributed by atoms with van der Waals surface area (Å²) in [4.78, 5) is 22.5. The molecular weight excluding hydrogens is 601 g/mol. The number of hydrogen-bond acceptors (Lipinski definition) is 8. The summed E-state index contributed by atoms with van der Waals surface area (Å²) in [5.74, 6) is -0.485. The summed E-state index contributed by atoms with van der Waals surface area (Å²) in [6.45, 7) is 10.8. The van der Waals surface area contributed by atoms with Gasteiger partial charge in [0.05, 0.1) is 22.6 Å². The third kappa shape index (κ3) is 7.27. The molecule has 0 amide bonds. The number of ether oxygens (including phenoxy) is 1. The number of aromatic nitrogens is 1. The van der Waals surface area contributed by atoms with Gasteiger partial charge in [-0.15, -0.1) is 11.3 Å². The third-order valence-corrected chi connectivity index (χ3v) is 16.9. The Morgan fingerprint density at radius 2 is 1.95 bits per heavy atom. The molecule has 2 atom stereocenters. The Bertz CT molecular complexity index is 1470. The van der Waals surface area contributed by atoms with Gasteiger partial charge in [-0.25, -0.2) is 23.1 Å². The largest absolute Gasteiger partial charge is 0.466 e. The second-order valence-electron chi connectivity index (χ2n) is 12.2. The molecule has 2 unspecified atom stereocenters. The number of nitrogens with one attached hydrogen (secondary N) is 2. The van der Waals surface area contributed by atoms with Crippen LogP contribution in [0.5, 0.6) is 0 Å². The summed E-state index contributed by atoms with van der Waals surface area (Å²) in [6.07, 6.45) is 6.39. The molecule has 1 aliphatic heterocycles. The van der Waals surface area contributed by atoms with Gasteiger partial charge in [0.25, 0.3) is 0 Å². The number of carbonyl (C=O) groups is 1. The van der Waals surface area contributed by atoms with Crippen molar-refractivity contribution in [3.63, 3.8) is 0 Å². The summed E-state index contributed by atoms with van der Waals surface area (Å²) >= 11 is 7.90. The zero-order chi connectivity index (χ0) is 30.2. The predicted octanol–water partition coefficient (Wildman–Crippen LogP) is 6.62. The van der Waals surface area contributed by atoms with E-state index in [1.165, 1.54) is 30.6 Å². The molecule has 0 radical (unpaired) electrons. The standard InChI is InChI=1S/C28H39ClFN5O3S2Si/c1-28(2,3)41(6,7)35-40(5,37)34-19-11-8-17(9-12-19)23-22(27(36)38-4)24(20-13-10-18(30)16-21(20)29)33-25(32-23)26-31-14-15-39-26/h10,13-17,19,24H,8-9,11-12H2,1-7H3,(H,32,33)(H,34,35,37)/t17-,19-,24?,40?. The topological polar surface area (TPSA) is 105 Å². The number of allylic oxidation sites excluding steroid dienone is 1. The maximum Gasteiger partial charge on any atom is 0.338 e. The molecule has 8 nitrogen and oxygen atoms in total. The lowest BCUT2D eigenvalue weighted by Crippen LogP contribution is -2.43. The summed E-state index contributed by atoms with van der Waals surface area (Å²) in [7, 11) is -3.34. The van der Waals surface area contributed by atoms with E-state index in [1.54, 1.807) is 18.5 Å². The Hall–Kier alpha value is -2.12. The second kappa shape index (κ2) is 12.2. The van der Waals surface area contributed by atoms with Gasteiger partial charge in [0.1, 0.15) is 11.9 Å². The average molecular weight is 640 g/mol. The lowest BCUT2D eigenvalue weighted by Gasteiger charge is -2.36. The number of rotatable bonds is 7. The van der Waals surface area contributed by atoms with Crippen molar-refractivity contribution in [2.24, 2.45) is 14.9 Å². The fraction of sp³-hybridized carbons (Fsp3) is 0.536. The van der Waals surface area contributed by atoms with Crippen molar-refractivity contribution in [1.29, 1.82) is 0 Å². The Morgan fingerprint density at radius 3 is 2.51 bits per heavy atom. The number of aliphatic imine (C=N–C) groups is 1. The van der Waals surface area contributed by atoms with E-state index in [1.807, 2.05) is 5.38 Å². The number of esters is 1. The molecule has 0 spiro atoms. The van der Waals surface area contributed by atoms with Crippen LogP contribution in [-0.2, 0) is 19.4 Å². The van der Waals surface area contributed by atoms with Crippen molar-refractivity contribution >= 4 is 52.9 Å². The fourth-order valence-corrected chi connectivity index (χ4v) is 11.5. The summed E-state index contributed by atoms with van der Waals surface area (Å²) in [5.41, 5.74) is 1.57. The SMILES string of the molecule is COC(=O)C1=C([C@H]2CC[C@H](NS(C)(=O)=N[Si](C)(C)C(C)(C)C)CC2)NC(c2nccs2)=NC1c1ccc(F)cc1Cl. The van der Waals surface area contributed by atoms with Crippen LogP contribution >= 0.6 is 22.9 Å². The third-order valence-electron chi connectivity index (χ3n) is 8.13. The van der Waals surface area contributed by atoms with Gasteiger partial charge in [-0.05, 0) is 61.9 Å². The predicted molar refractivity (Wildman–Crippen MR) is 168 cm³/mol. The van der Waals surface area contributed by atoms with Gasteiger partial charge in [0, 0.05) is 40.2 Å². The molecule has 0 saturated heterocycles. The highest BCUT2D eigenvalue weighted by atomic mass is 35.5. The maximum atomic E-state index is 13.9. The minimum Gasteiger partial charge on any atom is -0.466 e. The number of halogens is 2. The van der Waals surface area contributed by atoms with Crippen molar-refractivity contribution in [2.75, 3.05) is 13.4 Å². The molecule has 2 aromatic rings. The molecule has 41 heavy (non-hydrogen) atoms. The minimum atomic E-state index is -2.57. The quantitative estimate of drug-likeness (QED) is 0.262. The van der Waals surface area contributed by atoms with Crippen LogP contribution < -0.4 is 10.0 Å². The smallest absolute Gasteiger partial charge is 0.338 e. The number of nitrogens with zero attached hydrogens (tertiary/aromatic N) is 3. The monoisotopic (exact) mass is 639 g/mol. The van der Waals surface area contributed by atoms with Crippen molar-refractivity contribution in [1.82, 2.24) is 15.0 Å². The van der Waals surface area contributed by atoms with Gasteiger partial charge in [0.15, 0.2) is 19.1 Å². The number of amidine groups is 1. The van der Waals surface area contributed by atoms with Crippen LogP contribution in [-0.4, -0.2) is 48.6 Å². The van der Waals surface area contributed by atoms with Gasteiger partial charge < -0.3 is 10.1 Å². The highest BCUT2D eigenvalue weighted by molar-refractivity contribution is 7.91. The molecule has 2 heterocycles. The first-order chi connectivity index (χ1) is 19.1. The van der Waals surface area contributed by atoms with E-state index in [0.717, 1.165) is 25.7 Å². The molecule has 1 saturated carbocycles. The second-order valence-corrected chi connectivity index (χ2v) is 20.7. The van der Waals surface area contributed by atoms with Crippen molar-refractivity contribution < 1.29 is 18.1 Å². The summed E-state index contributed by atoms with van der Waals surface area (Å²) in [6, 6.07) is 3.34. The summed E-state index contributed by atoms with van der Waals surface area (Å²) < 4.78 is 40.9. The average Bonchev–Trinajstić information content (AvgIpc) is 3.42. The molecule has 1 aromatic carbocycles. The lowest BCUT2D eigenvalue weighted by atomic mass is 9.80. The van der Waals surface area contributed by atoms with E-state index in [2.05, 4.69) is 48.9 Å². The van der Waals surface area contributed by atoms with Crippen LogP contribution in [0.15, 0.2) is 50.1 Å². The molecule has 13 heteroatoms. The molecule has 0 bridgehead atoms. The molecule has 1 aliphatic carbocycles. The Balaban J connectivity index is 1.65. The highest BCUT2D eigenvalue weighted by Gasteiger charge is 2.39. The minimum absolute atomic E-state index is 0.00490. The van der Waals surface area contributed by atoms with Crippen LogP contribution in [0.25, 0.3) is 0 Å². The number of methoxy groups -OCH3 is 1. The number of benzene rings is 1. The molecule has 1 aromatic heterocycles. The van der Waals surface area contributed by atoms with E-state index < -0.39 is 36.0 Å². The zero-order valence-electron chi connectivity index (χ0n) is 24.6. The molecular formula is C28H39ClFN5O3S2Si. The Morgan fingerprint density at radius 1 is 1.27 bits per heavy atom. The van der Waals surface area contributed by atoms with Crippen LogP contribution in [0, 0.1) is 11.7 Å². The van der Waals surface area contributed by atoms with Crippen LogP contribution in [0.3, 0.4) is 0 Å². The number of hydrogen-bond donors (Lipinski definition) is 2. The van der Waals surface area contributed by atoms with E-state index in [4.69, 9.17) is 25.4 Å². The van der Waals surface area contributed by atoms with E-state index in [9.17, 15) is 13.4 Å². The maximum absolute atomic E-state index is 13.9. The van der Waals surface area contributed by atoms with Gasteiger partial charge in [-0.2, -0.15) is 0 Å². The fourth-order valence-electron chi connectivity index (χ4n) is 5.03. The number of thiazole rings is 1. The van der Waals surface area contributed by atoms with Gasteiger partial charge >= 0.3 is 5.97 Å². The Labute approximate surface area is 252 Å². The van der Waals surface area contributed by atoms with Crippen LogP contribution in [0.4, 0.5) is 4.39 Å². The first kappa shape index (κ1) is 31.8. The van der Waals surface area contributed by atoms with Crippen molar-refractivity contribution in [2.45, 2.75) is 76.7 Å². The first-order valence-corrected chi connectivity index (χ1v) is 19.8. The molecule has 1 fully saturated rings. The van der Waals surface area contributed by atoms with E-state index >= 15 is 0 Å². The Kier molecular flexibility index (Phi) is 9.49. The van der Waals surface area contributed by atoms with E-state index in [0.29, 0.717) is 27.7 Å². The molecule has 224 valence electrons. The first-order valence-electron chi connectivity index (χ1n) is 13.6. The van der Waals surface area contributed by atoms with Crippen molar-refractivity contribution in [3.8, 4) is 0 Å². The lowest BCUT2D eigenvalue weighted by molar-refractivity contribution is -0.136. The zero-order valence-corrected chi connectivity index (χ0v) is 28.0. The van der Waals surface area contributed by atoms with Gasteiger partial charge in [-0.3, -0.25) is 9.02 Å². The molecule has 2 N–H and O–H groups in total. The van der Waals surface area contributed by atoms with Crippen LogP contribution in [0.1, 0.15) is 63.1 Å². The number of carbonyl (C=O) groups excluding carboxylic acids is 1. The molecule has 2 aliphatic rings. The normalized spacial score (nSPS) is 23.3. The van der Waals surface area contributed by atoms with E-state index in [-0.39, 0.29) is 22.0 Å². The highest BCUT2D eigenvalue weighted by Crippen LogP contribution is 2.41. The van der Waals surface area contributed by atoms with Gasteiger partial charge in [-0.1, -0.05) is 38.4 Å². The molecule has 4 rings (SSSR count). The van der Waals surface area contributed by atoms with Gasteiger partial charge in [0.2, 0.25) is 0 Å². The van der Waals surface area contributed by atoms with Crippen molar-refractivity contribution in [3.05, 3.63) is 62.5 Å². The summed E-state index contributed by atoms with van der Waals surface area (Å²) in [5, 5.41) is 6.10. The van der Waals surface area contributed by atoms with Crippen LogP contribution in [0.2, 0.25) is 23.2 Å².